The minimum Gasteiger partial charge on any atom is -0.488 e. The number of aromatic nitrogens is 2. The summed E-state index contributed by atoms with van der Waals surface area (Å²) in [4.78, 5) is 2.26. The van der Waals surface area contributed by atoms with Crippen LogP contribution in [0.4, 0.5) is 15.9 Å². The summed E-state index contributed by atoms with van der Waals surface area (Å²) in [5, 5.41) is 13.1. The average molecular weight is 389 g/mol. The van der Waals surface area contributed by atoms with Gasteiger partial charge in [0.15, 0.2) is 11.6 Å². The Morgan fingerprint density at radius 2 is 2.00 bits per heavy atom. The number of fused-ring (bicyclic) bond motifs is 2. The van der Waals surface area contributed by atoms with Crippen LogP contribution >= 0.6 is 0 Å². The molecule has 0 spiro atoms. The van der Waals surface area contributed by atoms with Gasteiger partial charge in [0.05, 0.1) is 24.0 Å². The number of morpholine rings is 1. The van der Waals surface area contributed by atoms with Crippen LogP contribution in [0.3, 0.4) is 0 Å². The fraction of sp³-hybridized carbons (Fsp3) is 0.500. The van der Waals surface area contributed by atoms with E-state index in [0.717, 1.165) is 31.7 Å². The second kappa shape index (κ2) is 7.09. The first-order valence-electron chi connectivity index (χ1n) is 9.61. The molecule has 3 heterocycles. The molecular formula is C20H28FN5O2. The largest absolute Gasteiger partial charge is 0.488 e. The van der Waals surface area contributed by atoms with Crippen molar-refractivity contribution in [3.05, 3.63) is 35.3 Å². The van der Waals surface area contributed by atoms with E-state index in [1.165, 1.54) is 12.1 Å². The first-order chi connectivity index (χ1) is 13.3. The van der Waals surface area contributed by atoms with Gasteiger partial charge >= 0.3 is 0 Å². The summed E-state index contributed by atoms with van der Waals surface area (Å²) in [5.74, 6) is 0.498. The third-order valence-electron chi connectivity index (χ3n) is 5.21. The number of hydrogen-bond donors (Lipinski definition) is 2. The van der Waals surface area contributed by atoms with Crippen molar-refractivity contribution >= 4 is 17.2 Å². The van der Waals surface area contributed by atoms with Crippen molar-refractivity contribution in [3.63, 3.8) is 0 Å². The summed E-state index contributed by atoms with van der Waals surface area (Å²) in [6, 6.07) is 4.57. The maximum atomic E-state index is 14.1. The lowest BCUT2D eigenvalue weighted by molar-refractivity contribution is 0.0300. The van der Waals surface area contributed by atoms with Crippen molar-refractivity contribution < 1.29 is 15.3 Å². The van der Waals surface area contributed by atoms with Gasteiger partial charge in [-0.25, -0.2) is 4.39 Å². The molecule has 8 heteroatoms. The molecule has 1 aromatic heterocycles. The minimum absolute atomic E-state index is 0. The monoisotopic (exact) mass is 389 g/mol. The standard InChI is InChI=1S/C20H26FN5O2.H2/c1-11(2)27-18-6-14(16(22)7-15(18)21)20(23)17-8-19(25(3)24-17)26-9-12-4-5-13(10-26)28-12;/h6-8,11-13,23H,4-5,9-10,22H2,1-3H3;1H. The highest BCUT2D eigenvalue weighted by atomic mass is 19.1. The van der Waals surface area contributed by atoms with Gasteiger partial charge < -0.3 is 20.1 Å². The smallest absolute Gasteiger partial charge is 0.167 e. The van der Waals surface area contributed by atoms with Gasteiger partial charge in [0.1, 0.15) is 11.5 Å². The fourth-order valence-corrected chi connectivity index (χ4v) is 3.94. The van der Waals surface area contributed by atoms with Crippen LogP contribution in [0.15, 0.2) is 18.2 Å². The zero-order valence-electron chi connectivity index (χ0n) is 16.4. The van der Waals surface area contributed by atoms with E-state index in [2.05, 4.69) is 10.00 Å². The zero-order valence-corrected chi connectivity index (χ0v) is 16.4. The number of aryl methyl sites for hydroxylation is 1. The third kappa shape index (κ3) is 3.44. The van der Waals surface area contributed by atoms with Crippen molar-refractivity contribution in [2.75, 3.05) is 23.7 Å². The number of nitrogens with zero attached hydrogens (tertiary/aromatic N) is 3. The Labute approximate surface area is 165 Å². The maximum Gasteiger partial charge on any atom is 0.167 e. The van der Waals surface area contributed by atoms with E-state index in [1.54, 1.807) is 4.68 Å². The molecule has 2 fully saturated rings. The van der Waals surface area contributed by atoms with Crippen LogP contribution in [-0.4, -0.2) is 46.9 Å². The lowest BCUT2D eigenvalue weighted by Gasteiger charge is -2.33. The molecule has 0 saturated carbocycles. The summed E-state index contributed by atoms with van der Waals surface area (Å²) in [7, 11) is 1.87. The number of halogens is 1. The lowest BCUT2D eigenvalue weighted by atomic mass is 10.0. The zero-order chi connectivity index (χ0) is 20.0. The molecule has 2 bridgehead atoms. The summed E-state index contributed by atoms with van der Waals surface area (Å²) in [6.07, 6.45) is 2.53. The highest BCUT2D eigenvalue weighted by Gasteiger charge is 2.35. The first-order valence-corrected chi connectivity index (χ1v) is 9.61. The Morgan fingerprint density at radius 3 is 2.64 bits per heavy atom. The molecule has 7 nitrogen and oxygen atoms in total. The van der Waals surface area contributed by atoms with Crippen molar-refractivity contribution in [1.29, 1.82) is 5.41 Å². The van der Waals surface area contributed by atoms with Crippen LogP contribution in [0.1, 0.15) is 39.4 Å². The molecule has 2 aliphatic heterocycles. The van der Waals surface area contributed by atoms with E-state index >= 15 is 0 Å². The molecule has 2 saturated heterocycles. The summed E-state index contributed by atoms with van der Waals surface area (Å²) in [6.45, 7) is 5.30. The number of ether oxygens (including phenoxy) is 2. The van der Waals surface area contributed by atoms with Crippen LogP contribution in [0.5, 0.6) is 5.75 Å². The van der Waals surface area contributed by atoms with Gasteiger partial charge in [0.25, 0.3) is 0 Å². The molecule has 3 N–H and O–H groups in total. The number of rotatable bonds is 5. The highest BCUT2D eigenvalue weighted by molar-refractivity contribution is 6.13. The summed E-state index contributed by atoms with van der Waals surface area (Å²) >= 11 is 0. The van der Waals surface area contributed by atoms with Crippen molar-refractivity contribution in [3.8, 4) is 5.75 Å². The number of nitrogen functional groups attached to an aromatic ring is 1. The Hall–Kier alpha value is -2.61. The Balaban J connectivity index is 0.00000240. The Bertz CT molecular complexity index is 905. The Morgan fingerprint density at radius 1 is 1.32 bits per heavy atom. The average Bonchev–Trinajstić information content (AvgIpc) is 3.18. The molecular weight excluding hydrogens is 361 g/mol. The van der Waals surface area contributed by atoms with E-state index < -0.39 is 5.82 Å². The van der Waals surface area contributed by atoms with E-state index in [-0.39, 0.29) is 36.9 Å². The minimum atomic E-state index is -0.534. The molecule has 2 aliphatic rings. The topological polar surface area (TPSA) is 89.4 Å². The van der Waals surface area contributed by atoms with Gasteiger partial charge in [-0.05, 0) is 32.8 Å². The molecule has 0 radical (unpaired) electrons. The van der Waals surface area contributed by atoms with Crippen LogP contribution in [0, 0.1) is 11.2 Å². The second-order valence-electron chi connectivity index (χ2n) is 7.79. The van der Waals surface area contributed by atoms with Gasteiger partial charge in [-0.2, -0.15) is 5.10 Å². The van der Waals surface area contributed by atoms with E-state index in [4.69, 9.17) is 20.6 Å². The van der Waals surface area contributed by atoms with E-state index in [9.17, 15) is 4.39 Å². The van der Waals surface area contributed by atoms with Gasteiger partial charge in [0.2, 0.25) is 0 Å². The maximum absolute atomic E-state index is 14.1. The van der Waals surface area contributed by atoms with Crippen molar-refractivity contribution in [1.82, 2.24) is 9.78 Å². The third-order valence-corrected chi connectivity index (χ3v) is 5.21. The number of hydrogen-bond acceptors (Lipinski definition) is 6. The number of benzene rings is 1. The first kappa shape index (κ1) is 18.7. The predicted molar refractivity (Wildman–Crippen MR) is 108 cm³/mol. The van der Waals surface area contributed by atoms with E-state index in [1.807, 2.05) is 27.0 Å². The lowest BCUT2D eigenvalue weighted by Crippen LogP contribution is -2.43. The molecule has 2 unspecified atom stereocenters. The highest BCUT2D eigenvalue weighted by Crippen LogP contribution is 2.31. The molecule has 2 atom stereocenters. The molecule has 4 rings (SSSR count). The SMILES string of the molecule is CC(C)Oc1cc(C(=N)c2cc(N3CC4CCC(C3)O4)n(C)n2)c(N)cc1F.[HH]. The molecule has 28 heavy (non-hydrogen) atoms. The van der Waals surface area contributed by atoms with Crippen LogP contribution in [0.2, 0.25) is 0 Å². The predicted octanol–water partition coefficient (Wildman–Crippen LogP) is 2.96. The number of anilines is 2. The van der Waals surface area contributed by atoms with Crippen LogP contribution in [0.25, 0.3) is 0 Å². The van der Waals surface area contributed by atoms with Gasteiger partial charge in [-0.1, -0.05) is 0 Å². The van der Waals surface area contributed by atoms with Gasteiger partial charge in [0, 0.05) is 44.9 Å². The van der Waals surface area contributed by atoms with Crippen molar-refractivity contribution in [2.45, 2.75) is 45.0 Å². The number of nitrogens with two attached hydrogens (primary N) is 1. The quantitative estimate of drug-likeness (QED) is 0.606. The van der Waals surface area contributed by atoms with Crippen LogP contribution < -0.4 is 15.4 Å². The van der Waals surface area contributed by atoms with E-state index in [0.29, 0.717) is 11.3 Å². The molecule has 152 valence electrons. The normalized spacial score (nSPS) is 21.4. The molecule has 0 aliphatic carbocycles. The molecule has 1 aromatic carbocycles. The van der Waals surface area contributed by atoms with Crippen LogP contribution in [-0.2, 0) is 11.8 Å². The molecule has 0 amide bonds. The summed E-state index contributed by atoms with van der Waals surface area (Å²) < 4.78 is 27.3. The van der Waals surface area contributed by atoms with Gasteiger partial charge in [-0.3, -0.25) is 10.1 Å². The van der Waals surface area contributed by atoms with Gasteiger partial charge in [-0.15, -0.1) is 0 Å². The number of nitrogens with one attached hydrogen (secondary N) is 1. The summed E-state index contributed by atoms with van der Waals surface area (Å²) in [5.41, 5.74) is 7.22. The molecule has 2 aromatic rings. The fourth-order valence-electron chi connectivity index (χ4n) is 3.94. The second-order valence-corrected chi connectivity index (χ2v) is 7.79. The Kier molecular flexibility index (Phi) is 4.74. The van der Waals surface area contributed by atoms with Crippen molar-refractivity contribution in [2.24, 2.45) is 7.05 Å².